The van der Waals surface area contributed by atoms with Crippen molar-refractivity contribution < 1.29 is 27.7 Å². The summed E-state index contributed by atoms with van der Waals surface area (Å²) >= 11 is 0. The Bertz CT molecular complexity index is 422. The van der Waals surface area contributed by atoms with E-state index in [0.717, 1.165) is 0 Å². The highest BCUT2D eigenvalue weighted by Crippen LogP contribution is 2.34. The van der Waals surface area contributed by atoms with Gasteiger partial charge in [0.15, 0.2) is 0 Å². The quantitative estimate of drug-likeness (QED) is 0.500. The van der Waals surface area contributed by atoms with E-state index < -0.39 is 32.6 Å². The molecule has 0 bridgehead atoms. The van der Waals surface area contributed by atoms with Gasteiger partial charge in [-0.05, 0) is 18.3 Å². The van der Waals surface area contributed by atoms with Crippen molar-refractivity contribution in [2.75, 3.05) is 21.3 Å². The lowest BCUT2D eigenvalue weighted by Gasteiger charge is -2.33. The molecule has 0 aliphatic carbocycles. The fraction of sp³-hybridized carbons (Fsp3) is 0.769. The van der Waals surface area contributed by atoms with E-state index in [2.05, 4.69) is 10.6 Å². The minimum absolute atomic E-state index is 0.319. The first kappa shape index (κ1) is 18.8. The van der Waals surface area contributed by atoms with Gasteiger partial charge < -0.3 is 13.3 Å². The third kappa shape index (κ3) is 4.60. The number of carbonyl (C=O) groups excluding carboxylic acids is 3. The average Bonchev–Trinajstić information content (AvgIpc) is 2.45. The Balaban J connectivity index is 2.68. The van der Waals surface area contributed by atoms with Crippen LogP contribution in [-0.4, -0.2) is 48.0 Å². The first-order valence-electron chi connectivity index (χ1n) is 7.00. The molecule has 1 saturated heterocycles. The number of barbiturate groups is 1. The Morgan fingerprint density at radius 3 is 1.86 bits per heavy atom. The zero-order chi connectivity index (χ0) is 17.0. The summed E-state index contributed by atoms with van der Waals surface area (Å²) < 4.78 is 16.1. The Morgan fingerprint density at radius 2 is 1.45 bits per heavy atom. The smallest absolute Gasteiger partial charge is 0.377 e. The first-order chi connectivity index (χ1) is 10.2. The number of carbonyl (C=O) groups is 3. The number of nitrogens with one attached hydrogen (secondary N) is 2. The van der Waals surface area contributed by atoms with Crippen molar-refractivity contribution in [3.05, 3.63) is 0 Å². The number of amides is 4. The molecule has 0 aromatic rings. The van der Waals surface area contributed by atoms with Crippen molar-refractivity contribution in [1.29, 1.82) is 0 Å². The normalized spacial score (nSPS) is 17.4. The zero-order valence-corrected chi connectivity index (χ0v) is 14.6. The van der Waals surface area contributed by atoms with Crippen molar-refractivity contribution in [1.82, 2.24) is 10.6 Å². The summed E-state index contributed by atoms with van der Waals surface area (Å²) in [4.78, 5) is 34.7. The summed E-state index contributed by atoms with van der Waals surface area (Å²) in [6, 6.07) is -0.202. The minimum Gasteiger partial charge on any atom is -0.377 e. The lowest BCUT2D eigenvalue weighted by atomic mass is 9.79. The molecule has 0 unspecified atom stereocenters. The van der Waals surface area contributed by atoms with E-state index in [1.165, 1.54) is 0 Å². The molecule has 4 amide bonds. The fourth-order valence-corrected chi connectivity index (χ4v) is 4.53. The zero-order valence-electron chi connectivity index (χ0n) is 13.6. The molecular weight excluding hydrogens is 308 g/mol. The molecule has 1 fully saturated rings. The molecule has 2 N–H and O–H groups in total. The highest BCUT2D eigenvalue weighted by atomic mass is 28.4. The molecule has 22 heavy (non-hydrogen) atoms. The molecular formula is C13H24N2O6Si. The summed E-state index contributed by atoms with van der Waals surface area (Å²) in [6.45, 7) is 3.90. The van der Waals surface area contributed by atoms with Crippen LogP contribution in [-0.2, 0) is 22.9 Å². The lowest BCUT2D eigenvalue weighted by Crippen LogP contribution is -2.56. The molecule has 0 atom stereocenters. The molecule has 0 saturated carbocycles. The molecule has 1 heterocycles. The van der Waals surface area contributed by atoms with Gasteiger partial charge in [-0.15, -0.1) is 0 Å². The van der Waals surface area contributed by atoms with E-state index in [-0.39, 0.29) is 5.41 Å². The van der Waals surface area contributed by atoms with Gasteiger partial charge in [0.25, 0.3) is 0 Å². The summed E-state index contributed by atoms with van der Waals surface area (Å²) in [5.74, 6) is -2.00. The Morgan fingerprint density at radius 1 is 1.00 bits per heavy atom. The molecule has 0 aromatic carbocycles. The topological polar surface area (TPSA) is 103 Å². The molecule has 0 aromatic heterocycles. The van der Waals surface area contributed by atoms with Crippen molar-refractivity contribution in [2.24, 2.45) is 11.3 Å². The van der Waals surface area contributed by atoms with Gasteiger partial charge in [-0.25, -0.2) is 4.79 Å². The average molecular weight is 332 g/mol. The van der Waals surface area contributed by atoms with Crippen LogP contribution in [0.2, 0.25) is 6.04 Å². The van der Waals surface area contributed by atoms with Crippen molar-refractivity contribution >= 4 is 26.6 Å². The van der Waals surface area contributed by atoms with Crippen molar-refractivity contribution in [3.8, 4) is 0 Å². The molecule has 1 aliphatic rings. The maximum Gasteiger partial charge on any atom is 0.500 e. The van der Waals surface area contributed by atoms with Crippen LogP contribution in [0.1, 0.15) is 26.7 Å². The monoisotopic (exact) mass is 332 g/mol. The standard InChI is InChI=1S/C13H24N2O6Si/c1-13(2,6-7-22(19-3,20-4)21-5)8-9-10(16)14-12(18)15-11(9)17/h9H,6-8H2,1-5H3,(H2,14,15,16,17,18). The number of rotatable bonds is 8. The Hall–Kier alpha value is -1.29. The van der Waals surface area contributed by atoms with E-state index in [9.17, 15) is 14.4 Å². The second-order valence-electron chi connectivity index (χ2n) is 6.02. The minimum atomic E-state index is -2.69. The Labute approximate surface area is 131 Å². The van der Waals surface area contributed by atoms with Crippen LogP contribution in [0.5, 0.6) is 0 Å². The van der Waals surface area contributed by atoms with Gasteiger partial charge in [0.1, 0.15) is 5.92 Å². The van der Waals surface area contributed by atoms with Gasteiger partial charge in [0.05, 0.1) is 0 Å². The predicted octanol–water partition coefficient (Wildman–Crippen LogP) is 0.653. The van der Waals surface area contributed by atoms with E-state index in [1.54, 1.807) is 21.3 Å². The van der Waals surface area contributed by atoms with Crippen LogP contribution in [0.4, 0.5) is 4.79 Å². The van der Waals surface area contributed by atoms with Crippen molar-refractivity contribution in [3.63, 3.8) is 0 Å². The van der Waals surface area contributed by atoms with E-state index >= 15 is 0 Å². The third-order valence-corrected chi connectivity index (χ3v) is 6.63. The SMILES string of the molecule is CO[Si](CCC(C)(C)CC1C(=O)NC(=O)NC1=O)(OC)OC. The largest absolute Gasteiger partial charge is 0.500 e. The number of hydrogen-bond donors (Lipinski definition) is 2. The van der Waals surface area contributed by atoms with Gasteiger partial charge >= 0.3 is 14.8 Å². The molecule has 126 valence electrons. The van der Waals surface area contributed by atoms with Gasteiger partial charge in [0.2, 0.25) is 11.8 Å². The predicted molar refractivity (Wildman–Crippen MR) is 79.8 cm³/mol. The maximum atomic E-state index is 11.8. The van der Waals surface area contributed by atoms with Crippen LogP contribution in [0, 0.1) is 11.3 Å². The van der Waals surface area contributed by atoms with Crippen LogP contribution in [0.15, 0.2) is 0 Å². The Kier molecular flexibility index (Phi) is 6.24. The fourth-order valence-electron chi connectivity index (χ4n) is 2.44. The van der Waals surface area contributed by atoms with E-state index in [0.29, 0.717) is 18.9 Å². The molecule has 8 nitrogen and oxygen atoms in total. The molecule has 0 radical (unpaired) electrons. The third-order valence-electron chi connectivity index (χ3n) is 3.90. The van der Waals surface area contributed by atoms with Crippen LogP contribution >= 0.6 is 0 Å². The van der Waals surface area contributed by atoms with Gasteiger partial charge in [-0.2, -0.15) is 0 Å². The first-order valence-corrected chi connectivity index (χ1v) is 8.93. The van der Waals surface area contributed by atoms with Gasteiger partial charge in [0, 0.05) is 27.4 Å². The maximum absolute atomic E-state index is 11.8. The van der Waals surface area contributed by atoms with Gasteiger partial charge in [-0.3, -0.25) is 20.2 Å². The second-order valence-corrected chi connectivity index (χ2v) is 9.11. The van der Waals surface area contributed by atoms with Crippen LogP contribution in [0.3, 0.4) is 0 Å². The number of urea groups is 1. The van der Waals surface area contributed by atoms with E-state index in [4.69, 9.17) is 13.3 Å². The summed E-state index contributed by atoms with van der Waals surface area (Å²) in [5, 5.41) is 4.23. The van der Waals surface area contributed by atoms with Crippen molar-refractivity contribution in [2.45, 2.75) is 32.7 Å². The van der Waals surface area contributed by atoms with Gasteiger partial charge in [-0.1, -0.05) is 13.8 Å². The highest BCUT2D eigenvalue weighted by Gasteiger charge is 2.42. The van der Waals surface area contributed by atoms with E-state index in [1.807, 2.05) is 13.8 Å². The second kappa shape index (κ2) is 7.31. The lowest BCUT2D eigenvalue weighted by molar-refractivity contribution is -0.137. The van der Waals surface area contributed by atoms with Crippen LogP contribution < -0.4 is 10.6 Å². The van der Waals surface area contributed by atoms with Crippen LogP contribution in [0.25, 0.3) is 0 Å². The summed E-state index contributed by atoms with van der Waals surface area (Å²) in [6.07, 6.45) is 0.972. The summed E-state index contributed by atoms with van der Waals surface area (Å²) in [7, 11) is 1.93. The number of imide groups is 2. The summed E-state index contributed by atoms with van der Waals surface area (Å²) in [5.41, 5.74) is -0.326. The molecule has 1 rings (SSSR count). The number of hydrogen-bond acceptors (Lipinski definition) is 6. The molecule has 1 aliphatic heterocycles. The molecule has 9 heteroatoms. The highest BCUT2D eigenvalue weighted by molar-refractivity contribution is 6.60. The molecule has 0 spiro atoms.